The van der Waals surface area contributed by atoms with E-state index in [0.717, 1.165) is 30.4 Å². The molecular formula is C19H24N4O2. The lowest BCUT2D eigenvalue weighted by molar-refractivity contribution is -0.133. The molecule has 0 aliphatic carbocycles. The highest BCUT2D eigenvalue weighted by Gasteiger charge is 2.22. The number of nitrogens with zero attached hydrogens (tertiary/aromatic N) is 4. The fourth-order valence-corrected chi connectivity index (χ4v) is 2.93. The predicted molar refractivity (Wildman–Crippen MR) is 97.0 cm³/mol. The van der Waals surface area contributed by atoms with E-state index >= 15 is 0 Å². The maximum atomic E-state index is 12.4. The minimum atomic E-state index is 0.0197. The van der Waals surface area contributed by atoms with Gasteiger partial charge in [-0.05, 0) is 49.6 Å². The van der Waals surface area contributed by atoms with Crippen LogP contribution in [0.25, 0.3) is 0 Å². The van der Waals surface area contributed by atoms with Gasteiger partial charge >= 0.3 is 0 Å². The number of benzene rings is 1. The van der Waals surface area contributed by atoms with Gasteiger partial charge in [-0.1, -0.05) is 6.07 Å². The molecule has 0 spiro atoms. The van der Waals surface area contributed by atoms with Gasteiger partial charge in [-0.15, -0.1) is 0 Å². The van der Waals surface area contributed by atoms with E-state index in [1.165, 1.54) is 11.1 Å². The van der Waals surface area contributed by atoms with Crippen LogP contribution < -0.4 is 9.64 Å². The van der Waals surface area contributed by atoms with Crippen molar-refractivity contribution in [3.05, 3.63) is 47.3 Å². The molecule has 1 saturated heterocycles. The molecule has 1 amide bonds. The number of hydrogen-bond acceptors (Lipinski definition) is 5. The average Bonchev–Trinajstić information content (AvgIpc) is 2.64. The normalized spacial score (nSPS) is 14.5. The van der Waals surface area contributed by atoms with E-state index in [0.29, 0.717) is 13.1 Å². The third-order valence-electron chi connectivity index (χ3n) is 4.61. The largest absolute Gasteiger partial charge is 0.483 e. The Balaban J connectivity index is 1.52. The van der Waals surface area contributed by atoms with Gasteiger partial charge in [0.05, 0.1) is 0 Å². The first kappa shape index (κ1) is 17.2. The van der Waals surface area contributed by atoms with Crippen LogP contribution in [-0.4, -0.2) is 53.6 Å². The molecule has 0 bridgehead atoms. The first-order chi connectivity index (χ1) is 12.0. The molecule has 1 aliphatic rings. The third kappa shape index (κ3) is 4.07. The summed E-state index contributed by atoms with van der Waals surface area (Å²) in [5, 5.41) is 0. The minimum Gasteiger partial charge on any atom is -0.483 e. The number of ether oxygens (including phenoxy) is 1. The topological polar surface area (TPSA) is 58.6 Å². The SMILES string of the molecule is Cc1cc(C)c(OCC(=O)N2CCN(c3ncccn3)CC2)cc1C. The molecule has 25 heavy (non-hydrogen) atoms. The van der Waals surface area contributed by atoms with Crippen molar-refractivity contribution in [1.82, 2.24) is 14.9 Å². The van der Waals surface area contributed by atoms with Crippen molar-refractivity contribution in [2.75, 3.05) is 37.7 Å². The highest BCUT2D eigenvalue weighted by molar-refractivity contribution is 5.78. The molecule has 0 saturated carbocycles. The smallest absolute Gasteiger partial charge is 0.260 e. The van der Waals surface area contributed by atoms with Crippen LogP contribution >= 0.6 is 0 Å². The van der Waals surface area contributed by atoms with Crippen LogP contribution in [0.4, 0.5) is 5.95 Å². The van der Waals surface area contributed by atoms with Gasteiger partial charge in [0, 0.05) is 38.6 Å². The molecule has 2 aromatic rings. The zero-order chi connectivity index (χ0) is 17.8. The summed E-state index contributed by atoms with van der Waals surface area (Å²) in [6.07, 6.45) is 3.47. The van der Waals surface area contributed by atoms with Gasteiger partial charge in [0.25, 0.3) is 5.91 Å². The molecule has 0 unspecified atom stereocenters. The van der Waals surface area contributed by atoms with E-state index in [-0.39, 0.29) is 12.5 Å². The highest BCUT2D eigenvalue weighted by atomic mass is 16.5. The van der Waals surface area contributed by atoms with Crippen LogP contribution in [0.5, 0.6) is 5.75 Å². The van der Waals surface area contributed by atoms with Gasteiger partial charge in [-0.3, -0.25) is 4.79 Å². The number of piperazine rings is 1. The number of carbonyl (C=O) groups excluding carboxylic acids is 1. The standard InChI is InChI=1S/C19H24N4O2/c1-14-11-16(3)17(12-15(14)2)25-13-18(24)22-7-9-23(10-8-22)19-20-5-4-6-21-19/h4-6,11-12H,7-10,13H2,1-3H3. The van der Waals surface area contributed by atoms with Gasteiger partial charge < -0.3 is 14.5 Å². The van der Waals surface area contributed by atoms with E-state index in [9.17, 15) is 4.79 Å². The van der Waals surface area contributed by atoms with Gasteiger partial charge in [0.1, 0.15) is 5.75 Å². The lowest BCUT2D eigenvalue weighted by atomic mass is 10.1. The monoisotopic (exact) mass is 340 g/mol. The summed E-state index contributed by atoms with van der Waals surface area (Å²) in [6.45, 7) is 8.99. The second-order valence-corrected chi connectivity index (χ2v) is 6.41. The van der Waals surface area contributed by atoms with Crippen molar-refractivity contribution in [2.45, 2.75) is 20.8 Å². The molecule has 132 valence electrons. The van der Waals surface area contributed by atoms with Crippen LogP contribution in [0.2, 0.25) is 0 Å². The summed E-state index contributed by atoms with van der Waals surface area (Å²) >= 11 is 0. The molecule has 6 nitrogen and oxygen atoms in total. The number of aryl methyl sites for hydroxylation is 3. The fraction of sp³-hybridized carbons (Fsp3) is 0.421. The third-order valence-corrected chi connectivity index (χ3v) is 4.61. The Morgan fingerprint density at radius 3 is 2.32 bits per heavy atom. The minimum absolute atomic E-state index is 0.0197. The summed E-state index contributed by atoms with van der Waals surface area (Å²) < 4.78 is 5.77. The van der Waals surface area contributed by atoms with Crippen LogP contribution in [0, 0.1) is 20.8 Å². The van der Waals surface area contributed by atoms with E-state index in [1.807, 2.05) is 24.8 Å². The fourth-order valence-electron chi connectivity index (χ4n) is 2.93. The van der Waals surface area contributed by atoms with Gasteiger partial charge in [0.2, 0.25) is 5.95 Å². The Morgan fingerprint density at radius 2 is 1.64 bits per heavy atom. The van der Waals surface area contributed by atoms with E-state index in [4.69, 9.17) is 4.74 Å². The molecule has 0 N–H and O–H groups in total. The Bertz CT molecular complexity index is 741. The number of hydrogen-bond donors (Lipinski definition) is 0. The maximum Gasteiger partial charge on any atom is 0.260 e. The summed E-state index contributed by atoms with van der Waals surface area (Å²) in [4.78, 5) is 24.9. The van der Waals surface area contributed by atoms with E-state index in [2.05, 4.69) is 27.9 Å². The zero-order valence-electron chi connectivity index (χ0n) is 15.0. The quantitative estimate of drug-likeness (QED) is 0.853. The van der Waals surface area contributed by atoms with Crippen molar-refractivity contribution in [1.29, 1.82) is 0 Å². The number of aromatic nitrogens is 2. The molecular weight excluding hydrogens is 316 g/mol. The summed E-state index contributed by atoms with van der Waals surface area (Å²) in [7, 11) is 0. The van der Waals surface area contributed by atoms with Crippen molar-refractivity contribution >= 4 is 11.9 Å². The van der Waals surface area contributed by atoms with Crippen LogP contribution in [-0.2, 0) is 4.79 Å². The van der Waals surface area contributed by atoms with Crippen molar-refractivity contribution in [2.24, 2.45) is 0 Å². The van der Waals surface area contributed by atoms with Gasteiger partial charge in [0.15, 0.2) is 6.61 Å². The number of carbonyl (C=O) groups is 1. The molecule has 0 radical (unpaired) electrons. The number of amides is 1. The van der Waals surface area contributed by atoms with E-state index in [1.54, 1.807) is 18.5 Å². The van der Waals surface area contributed by atoms with E-state index < -0.39 is 0 Å². The van der Waals surface area contributed by atoms with Gasteiger partial charge in [-0.25, -0.2) is 9.97 Å². The Labute approximate surface area is 148 Å². The summed E-state index contributed by atoms with van der Waals surface area (Å²) in [6, 6.07) is 5.89. The second kappa shape index (κ2) is 7.51. The number of rotatable bonds is 4. The molecule has 1 aliphatic heterocycles. The summed E-state index contributed by atoms with van der Waals surface area (Å²) in [5.74, 6) is 1.52. The predicted octanol–water partition coefficient (Wildman–Crippen LogP) is 2.13. The highest BCUT2D eigenvalue weighted by Crippen LogP contribution is 2.22. The molecule has 6 heteroatoms. The zero-order valence-corrected chi connectivity index (χ0v) is 15.0. The Hall–Kier alpha value is -2.63. The lowest BCUT2D eigenvalue weighted by Gasteiger charge is -2.34. The van der Waals surface area contributed by atoms with Gasteiger partial charge in [-0.2, -0.15) is 0 Å². The number of anilines is 1. The first-order valence-corrected chi connectivity index (χ1v) is 8.55. The molecule has 3 rings (SSSR count). The molecule has 1 aromatic carbocycles. The summed E-state index contributed by atoms with van der Waals surface area (Å²) in [5.41, 5.74) is 3.46. The molecule has 0 atom stereocenters. The molecule has 2 heterocycles. The molecule has 1 aromatic heterocycles. The molecule has 1 fully saturated rings. The Morgan fingerprint density at radius 1 is 1.00 bits per heavy atom. The average molecular weight is 340 g/mol. The lowest BCUT2D eigenvalue weighted by Crippen LogP contribution is -2.50. The van der Waals surface area contributed by atoms with Crippen molar-refractivity contribution in [3.8, 4) is 5.75 Å². The first-order valence-electron chi connectivity index (χ1n) is 8.55. The van der Waals surface area contributed by atoms with Crippen LogP contribution in [0.3, 0.4) is 0 Å². The Kier molecular flexibility index (Phi) is 5.16. The van der Waals surface area contributed by atoms with Crippen molar-refractivity contribution in [3.63, 3.8) is 0 Å². The van der Waals surface area contributed by atoms with Crippen molar-refractivity contribution < 1.29 is 9.53 Å². The van der Waals surface area contributed by atoms with Crippen LogP contribution in [0.1, 0.15) is 16.7 Å². The maximum absolute atomic E-state index is 12.4. The second-order valence-electron chi connectivity index (χ2n) is 6.41. The van der Waals surface area contributed by atoms with Crippen LogP contribution in [0.15, 0.2) is 30.6 Å².